The van der Waals surface area contributed by atoms with Gasteiger partial charge >= 0.3 is 0 Å². The van der Waals surface area contributed by atoms with Crippen molar-refractivity contribution in [1.29, 1.82) is 0 Å². The molecular weight excluding hydrogens is 240 g/mol. The molecule has 0 amide bonds. The van der Waals surface area contributed by atoms with Gasteiger partial charge in [0.2, 0.25) is 5.78 Å². The van der Waals surface area contributed by atoms with Crippen LogP contribution in [-0.4, -0.2) is 25.3 Å². The van der Waals surface area contributed by atoms with Crippen LogP contribution in [0.15, 0.2) is 54.9 Å². The normalized spacial score (nSPS) is 10.6. The Bertz CT molecular complexity index is 712. The third-order valence-electron chi connectivity index (χ3n) is 2.93. The number of carbonyl (C=O) groups is 1. The van der Waals surface area contributed by atoms with Crippen LogP contribution >= 0.6 is 0 Å². The molecule has 3 rings (SSSR count). The monoisotopic (exact) mass is 252 g/mol. The molecule has 0 aliphatic heterocycles. The fraction of sp³-hybridized carbons (Fsp3) is 0.0714. The van der Waals surface area contributed by atoms with Gasteiger partial charge in [0.05, 0.1) is 11.9 Å². The summed E-state index contributed by atoms with van der Waals surface area (Å²) >= 11 is 0. The molecule has 3 aromatic rings. The van der Waals surface area contributed by atoms with Gasteiger partial charge in [-0.3, -0.25) is 9.48 Å². The van der Waals surface area contributed by atoms with Gasteiger partial charge in [-0.25, -0.2) is 4.68 Å². The molecule has 2 aromatic heterocycles. The predicted octanol–water partition coefficient (Wildman–Crippen LogP) is 1.84. The first-order chi connectivity index (χ1) is 9.27. The third kappa shape index (κ3) is 1.95. The molecule has 2 heterocycles. The van der Waals surface area contributed by atoms with Gasteiger partial charge in [0.1, 0.15) is 11.4 Å². The highest BCUT2D eigenvalue weighted by Crippen LogP contribution is 2.13. The second-order valence-electron chi connectivity index (χ2n) is 4.13. The minimum absolute atomic E-state index is 0.0960. The maximum atomic E-state index is 12.5. The summed E-state index contributed by atoms with van der Waals surface area (Å²) in [7, 11) is 1.75. The Kier molecular flexibility index (Phi) is 2.72. The summed E-state index contributed by atoms with van der Waals surface area (Å²) in [5, 5.41) is 8.23. The molecule has 94 valence electrons. The molecule has 19 heavy (non-hydrogen) atoms. The number of rotatable bonds is 3. The topological polar surface area (TPSA) is 52.7 Å². The number of ketones is 1. The zero-order valence-electron chi connectivity index (χ0n) is 10.4. The quantitative estimate of drug-likeness (QED) is 0.668. The SMILES string of the molecule is Cn1nccc1C(=O)c1ccnn1-c1ccccc1. The zero-order valence-corrected chi connectivity index (χ0v) is 10.4. The maximum Gasteiger partial charge on any atom is 0.229 e. The summed E-state index contributed by atoms with van der Waals surface area (Å²) in [5.41, 5.74) is 1.92. The second kappa shape index (κ2) is 4.53. The van der Waals surface area contributed by atoms with Crippen LogP contribution in [0, 0.1) is 0 Å². The van der Waals surface area contributed by atoms with E-state index in [-0.39, 0.29) is 5.78 Å². The number of aromatic nitrogens is 4. The third-order valence-corrected chi connectivity index (χ3v) is 2.93. The highest BCUT2D eigenvalue weighted by atomic mass is 16.1. The van der Waals surface area contributed by atoms with Crippen molar-refractivity contribution in [2.75, 3.05) is 0 Å². The highest BCUT2D eigenvalue weighted by Gasteiger charge is 2.17. The van der Waals surface area contributed by atoms with Crippen LogP contribution in [-0.2, 0) is 7.05 Å². The van der Waals surface area contributed by atoms with E-state index in [1.165, 1.54) is 0 Å². The van der Waals surface area contributed by atoms with Gasteiger partial charge in [-0.1, -0.05) is 18.2 Å². The Morgan fingerprint density at radius 1 is 0.947 bits per heavy atom. The van der Waals surface area contributed by atoms with Crippen molar-refractivity contribution in [2.45, 2.75) is 0 Å². The van der Waals surface area contributed by atoms with E-state index >= 15 is 0 Å². The number of nitrogens with zero attached hydrogens (tertiary/aromatic N) is 4. The van der Waals surface area contributed by atoms with Gasteiger partial charge in [-0.15, -0.1) is 0 Å². The lowest BCUT2D eigenvalue weighted by Gasteiger charge is -2.06. The summed E-state index contributed by atoms with van der Waals surface area (Å²) in [5.74, 6) is -0.0960. The summed E-state index contributed by atoms with van der Waals surface area (Å²) < 4.78 is 3.19. The highest BCUT2D eigenvalue weighted by molar-refractivity contribution is 6.06. The van der Waals surface area contributed by atoms with Gasteiger partial charge in [-0.2, -0.15) is 10.2 Å². The van der Waals surface area contributed by atoms with Crippen molar-refractivity contribution in [2.24, 2.45) is 7.05 Å². The smallest absolute Gasteiger partial charge is 0.229 e. The number of carbonyl (C=O) groups excluding carboxylic acids is 1. The van der Waals surface area contributed by atoms with E-state index in [2.05, 4.69) is 10.2 Å². The number of aryl methyl sites for hydroxylation is 1. The van der Waals surface area contributed by atoms with Crippen molar-refractivity contribution in [3.05, 3.63) is 66.2 Å². The van der Waals surface area contributed by atoms with Crippen LogP contribution in [0.25, 0.3) is 5.69 Å². The second-order valence-corrected chi connectivity index (χ2v) is 4.13. The van der Waals surface area contributed by atoms with Crippen LogP contribution in [0.2, 0.25) is 0 Å². The predicted molar refractivity (Wildman–Crippen MR) is 70.2 cm³/mol. The molecule has 0 atom stereocenters. The van der Waals surface area contributed by atoms with Crippen LogP contribution in [0.3, 0.4) is 0 Å². The number of hydrogen-bond donors (Lipinski definition) is 0. The van der Waals surface area contributed by atoms with E-state index in [1.54, 1.807) is 40.9 Å². The fourth-order valence-electron chi connectivity index (χ4n) is 1.98. The Labute approximate surface area is 110 Å². The molecule has 0 unspecified atom stereocenters. The Hall–Kier alpha value is -2.69. The lowest BCUT2D eigenvalue weighted by atomic mass is 10.2. The molecule has 0 saturated carbocycles. The molecule has 5 nitrogen and oxygen atoms in total. The average molecular weight is 252 g/mol. The lowest BCUT2D eigenvalue weighted by Crippen LogP contribution is -2.13. The number of para-hydroxylation sites is 1. The van der Waals surface area contributed by atoms with Gasteiger partial charge in [0, 0.05) is 13.2 Å². The molecule has 0 saturated heterocycles. The molecule has 1 aromatic carbocycles. The molecule has 0 N–H and O–H groups in total. The zero-order chi connectivity index (χ0) is 13.2. The molecule has 0 radical (unpaired) electrons. The van der Waals surface area contributed by atoms with Crippen molar-refractivity contribution < 1.29 is 4.79 Å². The van der Waals surface area contributed by atoms with Crippen LogP contribution in [0.5, 0.6) is 0 Å². The van der Waals surface area contributed by atoms with E-state index in [4.69, 9.17) is 0 Å². The molecular formula is C14H12N4O. The molecule has 0 fully saturated rings. The van der Waals surface area contributed by atoms with E-state index < -0.39 is 0 Å². The van der Waals surface area contributed by atoms with E-state index in [1.807, 2.05) is 30.3 Å². The van der Waals surface area contributed by atoms with Crippen LogP contribution < -0.4 is 0 Å². The van der Waals surface area contributed by atoms with Crippen molar-refractivity contribution in [1.82, 2.24) is 19.6 Å². The van der Waals surface area contributed by atoms with Crippen molar-refractivity contribution >= 4 is 5.78 Å². The number of hydrogen-bond acceptors (Lipinski definition) is 3. The Balaban J connectivity index is 2.06. The van der Waals surface area contributed by atoms with Crippen molar-refractivity contribution in [3.8, 4) is 5.69 Å². The van der Waals surface area contributed by atoms with Gasteiger partial charge < -0.3 is 0 Å². The van der Waals surface area contributed by atoms with Crippen molar-refractivity contribution in [3.63, 3.8) is 0 Å². The van der Waals surface area contributed by atoms with E-state index in [9.17, 15) is 4.79 Å². The van der Waals surface area contributed by atoms with Gasteiger partial charge in [0.25, 0.3) is 0 Å². The molecule has 0 aliphatic carbocycles. The van der Waals surface area contributed by atoms with Crippen LogP contribution in [0.4, 0.5) is 0 Å². The van der Waals surface area contributed by atoms with Gasteiger partial charge in [0.15, 0.2) is 0 Å². The summed E-state index contributed by atoms with van der Waals surface area (Å²) in [6, 6.07) is 13.0. The summed E-state index contributed by atoms with van der Waals surface area (Å²) in [4.78, 5) is 12.5. The largest absolute Gasteiger partial charge is 0.285 e. The molecule has 0 aliphatic rings. The fourth-order valence-corrected chi connectivity index (χ4v) is 1.98. The van der Waals surface area contributed by atoms with Crippen LogP contribution in [0.1, 0.15) is 16.2 Å². The first kappa shape index (κ1) is 11.4. The summed E-state index contributed by atoms with van der Waals surface area (Å²) in [6.45, 7) is 0. The minimum atomic E-state index is -0.0960. The lowest BCUT2D eigenvalue weighted by molar-refractivity contribution is 0.102. The van der Waals surface area contributed by atoms with E-state index in [0.717, 1.165) is 5.69 Å². The first-order valence-corrected chi connectivity index (χ1v) is 5.89. The van der Waals surface area contributed by atoms with Gasteiger partial charge in [-0.05, 0) is 24.3 Å². The number of benzene rings is 1. The standard InChI is InChI=1S/C14H12N4O/c1-17-12(7-9-15-17)14(19)13-8-10-16-18(13)11-5-3-2-4-6-11/h2-10H,1H3. The molecule has 5 heteroatoms. The Morgan fingerprint density at radius 2 is 1.63 bits per heavy atom. The summed E-state index contributed by atoms with van der Waals surface area (Å²) in [6.07, 6.45) is 3.23. The Morgan fingerprint density at radius 3 is 2.32 bits per heavy atom. The molecule has 0 bridgehead atoms. The average Bonchev–Trinajstić information content (AvgIpc) is 3.07. The first-order valence-electron chi connectivity index (χ1n) is 5.89. The maximum absolute atomic E-state index is 12.5. The minimum Gasteiger partial charge on any atom is -0.285 e. The molecule has 0 spiro atoms. The van der Waals surface area contributed by atoms with E-state index in [0.29, 0.717) is 11.4 Å².